The van der Waals surface area contributed by atoms with E-state index < -0.39 is 18.3 Å². The van der Waals surface area contributed by atoms with E-state index in [2.05, 4.69) is 99.4 Å². The second-order valence-electron chi connectivity index (χ2n) is 11.0. The van der Waals surface area contributed by atoms with Crippen molar-refractivity contribution in [3.05, 3.63) is 82.5 Å². The van der Waals surface area contributed by atoms with Crippen LogP contribution in [0.15, 0.2) is 65.7 Å². The second-order valence-corrected chi connectivity index (χ2v) is 11.0. The average molecular weight is 460 g/mol. The summed E-state index contributed by atoms with van der Waals surface area (Å²) >= 11 is 0. The molecule has 0 spiro atoms. The molecule has 35 heavy (non-hydrogen) atoms. The monoisotopic (exact) mass is 460 g/mol. The van der Waals surface area contributed by atoms with Crippen molar-refractivity contribution in [1.82, 2.24) is 4.98 Å². The fourth-order valence-electron chi connectivity index (χ4n) is 5.92. The molecule has 0 amide bonds. The molecule has 4 aromatic rings. The maximum Gasteiger partial charge on any atom is 0.499 e. The van der Waals surface area contributed by atoms with Crippen molar-refractivity contribution in [2.45, 2.75) is 57.7 Å². The minimum Gasteiger partial charge on any atom is -0.399 e. The second kappa shape index (κ2) is 7.19. The summed E-state index contributed by atoms with van der Waals surface area (Å²) in [7, 11) is -0.495. The predicted molar refractivity (Wildman–Crippen MR) is 142 cm³/mol. The zero-order valence-electron chi connectivity index (χ0n) is 20.7. The number of fused-ring (bicyclic) bond motifs is 6. The Balaban J connectivity index is 1.55. The molecule has 0 bridgehead atoms. The predicted octanol–water partition coefficient (Wildman–Crippen LogP) is 5.11. The Kier molecular flexibility index (Phi) is 4.35. The first-order chi connectivity index (χ1) is 16.8. The van der Waals surface area contributed by atoms with Crippen LogP contribution in [0.3, 0.4) is 0 Å². The third kappa shape index (κ3) is 2.98. The van der Waals surface area contributed by atoms with Gasteiger partial charge in [0.15, 0.2) is 0 Å². The Hall–Kier alpha value is -3.15. The van der Waals surface area contributed by atoms with Crippen LogP contribution in [0.4, 0.5) is 5.69 Å². The number of aromatic amines is 1. The lowest BCUT2D eigenvalue weighted by Crippen LogP contribution is -2.44. The summed E-state index contributed by atoms with van der Waals surface area (Å²) in [6.07, 6.45) is 4.50. The van der Waals surface area contributed by atoms with Gasteiger partial charge in [0.1, 0.15) is 0 Å². The zero-order chi connectivity index (χ0) is 23.9. The first kappa shape index (κ1) is 21.2. The Labute approximate surface area is 205 Å². The Morgan fingerprint density at radius 3 is 2.40 bits per heavy atom. The number of para-hydroxylation sites is 1. The third-order valence-corrected chi connectivity index (χ3v) is 8.45. The molecule has 3 aliphatic rings. The molecule has 174 valence electrons. The fraction of sp³-hybridized carbons (Fsp3) is 0.300. The maximum absolute atomic E-state index is 6.61. The van der Waals surface area contributed by atoms with Crippen LogP contribution in [0.25, 0.3) is 28.1 Å². The highest BCUT2D eigenvalue weighted by Crippen LogP contribution is 2.40. The molecule has 1 N–H and O–H groups in total. The van der Waals surface area contributed by atoms with Crippen LogP contribution in [0.1, 0.15) is 57.6 Å². The zero-order valence-corrected chi connectivity index (χ0v) is 20.7. The molecular weight excluding hydrogens is 431 g/mol. The molecule has 3 aromatic carbocycles. The Morgan fingerprint density at radius 2 is 1.63 bits per heavy atom. The molecule has 4 nitrogen and oxygen atoms in total. The molecule has 0 saturated carbocycles. The molecular formula is C30H29BN2O2. The van der Waals surface area contributed by atoms with Gasteiger partial charge in [0.25, 0.3) is 0 Å². The van der Waals surface area contributed by atoms with Crippen molar-refractivity contribution >= 4 is 35.2 Å². The molecule has 7 rings (SSSR count). The first-order valence-corrected chi connectivity index (χ1v) is 12.6. The summed E-state index contributed by atoms with van der Waals surface area (Å²) in [5, 5.41) is 3.43. The van der Waals surface area contributed by atoms with Gasteiger partial charge >= 0.3 is 7.12 Å². The van der Waals surface area contributed by atoms with E-state index in [0.29, 0.717) is 5.92 Å². The van der Waals surface area contributed by atoms with E-state index in [1.54, 1.807) is 0 Å². The summed E-state index contributed by atoms with van der Waals surface area (Å²) in [6.45, 7) is 8.44. The van der Waals surface area contributed by atoms with Gasteiger partial charge < -0.3 is 14.3 Å². The Morgan fingerprint density at radius 1 is 0.914 bits per heavy atom. The summed E-state index contributed by atoms with van der Waals surface area (Å²) in [6, 6.07) is 21.6. The van der Waals surface area contributed by atoms with Gasteiger partial charge in [-0.1, -0.05) is 54.6 Å². The summed E-state index contributed by atoms with van der Waals surface area (Å²) in [4.78, 5) is 8.90. The quantitative estimate of drug-likeness (QED) is 0.373. The minimum absolute atomic E-state index is 0.350. The van der Waals surface area contributed by atoms with Gasteiger partial charge in [-0.15, -0.1) is 0 Å². The van der Waals surface area contributed by atoms with Crippen molar-refractivity contribution in [3.63, 3.8) is 0 Å². The SMILES string of the molecule is CC1(C)OB(c2c3c(cc4c5c([nH]c24)=CCCC5c2ccccc2)-c2ccccc2N=3)OC1(C)C. The van der Waals surface area contributed by atoms with E-state index >= 15 is 0 Å². The van der Waals surface area contributed by atoms with Crippen LogP contribution in [0, 0.1) is 0 Å². The van der Waals surface area contributed by atoms with E-state index in [1.807, 2.05) is 0 Å². The molecule has 1 unspecified atom stereocenters. The molecule has 1 saturated heterocycles. The number of rotatable bonds is 2. The van der Waals surface area contributed by atoms with Gasteiger partial charge in [-0.3, -0.25) is 0 Å². The number of nitrogens with one attached hydrogen (secondary N) is 1. The molecule has 2 aliphatic heterocycles. The van der Waals surface area contributed by atoms with Gasteiger partial charge in [-0.2, -0.15) is 0 Å². The van der Waals surface area contributed by atoms with E-state index in [1.165, 1.54) is 27.4 Å². The largest absolute Gasteiger partial charge is 0.499 e. The lowest BCUT2D eigenvalue weighted by Gasteiger charge is -2.32. The van der Waals surface area contributed by atoms with Crippen molar-refractivity contribution in [1.29, 1.82) is 0 Å². The third-order valence-electron chi connectivity index (χ3n) is 8.45. The molecule has 3 heterocycles. The number of benzene rings is 3. The minimum atomic E-state index is -0.495. The molecule has 1 atom stereocenters. The van der Waals surface area contributed by atoms with Crippen molar-refractivity contribution < 1.29 is 9.31 Å². The molecule has 1 fully saturated rings. The summed E-state index contributed by atoms with van der Waals surface area (Å²) in [5.41, 5.74) is 7.34. The molecule has 1 aromatic heterocycles. The van der Waals surface area contributed by atoms with Crippen LogP contribution in [-0.2, 0) is 9.31 Å². The van der Waals surface area contributed by atoms with E-state index in [-0.39, 0.29) is 0 Å². The number of aromatic nitrogens is 1. The van der Waals surface area contributed by atoms with Gasteiger partial charge in [0.2, 0.25) is 0 Å². The van der Waals surface area contributed by atoms with Crippen molar-refractivity contribution in [2.75, 3.05) is 0 Å². The molecule has 1 aliphatic carbocycles. The normalized spacial score (nSPS) is 21.3. The lowest BCUT2D eigenvalue weighted by atomic mass is 9.75. The average Bonchev–Trinajstić information content (AvgIpc) is 3.46. The number of H-pyrrole nitrogens is 1. The van der Waals surface area contributed by atoms with Crippen molar-refractivity contribution in [2.24, 2.45) is 4.99 Å². The van der Waals surface area contributed by atoms with Crippen LogP contribution < -0.4 is 16.2 Å². The Bertz CT molecular complexity index is 1600. The first-order valence-electron chi connectivity index (χ1n) is 12.6. The highest BCUT2D eigenvalue weighted by molar-refractivity contribution is 6.65. The molecule has 0 radical (unpaired) electrons. The van der Waals surface area contributed by atoms with Gasteiger partial charge in [-0.25, -0.2) is 4.99 Å². The summed E-state index contributed by atoms with van der Waals surface area (Å²) < 4.78 is 13.2. The van der Waals surface area contributed by atoms with Crippen LogP contribution in [0.2, 0.25) is 0 Å². The van der Waals surface area contributed by atoms with E-state index in [0.717, 1.165) is 40.4 Å². The number of hydrogen-bond acceptors (Lipinski definition) is 3. The van der Waals surface area contributed by atoms with E-state index in [4.69, 9.17) is 14.3 Å². The highest BCUT2D eigenvalue weighted by atomic mass is 16.7. The highest BCUT2D eigenvalue weighted by Gasteiger charge is 2.53. The standard InChI is InChI=1S/C30H29BN2O2/c1-29(2)30(3,4)35-31(34-29)26-27-21(20-13-8-9-15-23(20)32-27)17-22-25-19(18-11-6-5-7-12-18)14-10-16-24(25)33-28(22)26/h5-9,11-13,15-17,19,33H,10,14H2,1-4H3. The van der Waals surface area contributed by atoms with Gasteiger partial charge in [0, 0.05) is 38.8 Å². The van der Waals surface area contributed by atoms with Crippen LogP contribution in [0.5, 0.6) is 0 Å². The lowest BCUT2D eigenvalue weighted by molar-refractivity contribution is 0.00578. The smallest absolute Gasteiger partial charge is 0.399 e. The van der Waals surface area contributed by atoms with Gasteiger partial charge in [0.05, 0.1) is 22.2 Å². The summed E-state index contributed by atoms with van der Waals surface area (Å²) in [5.74, 6) is 0.350. The topological polar surface area (TPSA) is 46.6 Å². The van der Waals surface area contributed by atoms with Crippen LogP contribution >= 0.6 is 0 Å². The van der Waals surface area contributed by atoms with Crippen molar-refractivity contribution in [3.8, 4) is 11.1 Å². The number of nitrogens with zero attached hydrogens (tertiary/aromatic N) is 1. The van der Waals surface area contributed by atoms with Crippen LogP contribution in [-0.4, -0.2) is 23.3 Å². The maximum atomic E-state index is 6.61. The van der Waals surface area contributed by atoms with E-state index in [9.17, 15) is 0 Å². The fourth-order valence-corrected chi connectivity index (χ4v) is 5.92. The number of hydrogen-bond donors (Lipinski definition) is 1. The molecule has 5 heteroatoms. The van der Waals surface area contributed by atoms with Gasteiger partial charge in [-0.05, 0) is 63.8 Å².